The Morgan fingerprint density at radius 2 is 0.667 bits per heavy atom. The molecular weight excluding hydrogens is 759 g/mol. The second kappa shape index (κ2) is 16.7. The Kier molecular flexibility index (Phi) is 7.90. The van der Waals surface area contributed by atoms with E-state index in [1.165, 1.54) is 4.90 Å². The molecule has 0 bridgehead atoms. The summed E-state index contributed by atoms with van der Waals surface area (Å²) in [5.41, 5.74) is 8.61. The van der Waals surface area contributed by atoms with Gasteiger partial charge < -0.3 is 4.90 Å². The normalized spacial score (nSPS) is 13.0. The molecule has 0 atom stereocenters. The Bertz CT molecular complexity index is 3760. The van der Waals surface area contributed by atoms with Crippen LogP contribution in [0.25, 0.3) is 88.3 Å². The number of rotatable bonds is 9. The zero-order valence-corrected chi connectivity index (χ0v) is 34.2. The van der Waals surface area contributed by atoms with Crippen LogP contribution in [0.15, 0.2) is 261 Å². The van der Waals surface area contributed by atoms with Crippen LogP contribution in [0, 0.1) is 0 Å². The number of hydrogen-bond donors (Lipinski definition) is 0. The third kappa shape index (κ3) is 7.58. The van der Waals surface area contributed by atoms with Gasteiger partial charge in [-0.2, -0.15) is 0 Å². The number of anilines is 3. The molecule has 0 saturated carbocycles. The quantitative estimate of drug-likeness (QED) is 0.140. The summed E-state index contributed by atoms with van der Waals surface area (Å²) in [5.74, 6) is 0. The topological polar surface area (TPSA) is 3.24 Å². The first-order valence-electron chi connectivity index (χ1n) is 25.0. The molecule has 0 aromatic heterocycles. The van der Waals surface area contributed by atoms with Crippen molar-refractivity contribution in [2.45, 2.75) is 0 Å². The number of nitrogens with zero attached hydrogens (tertiary/aromatic N) is 1. The fraction of sp³-hybridized carbons (Fsp3) is 0. The molecule has 0 fully saturated rings. The molecule has 11 aromatic rings. The van der Waals surface area contributed by atoms with E-state index in [0.717, 1.165) is 66.1 Å². The van der Waals surface area contributed by atoms with Crippen LogP contribution in [0.1, 0.15) is 11.0 Å². The van der Waals surface area contributed by atoms with Crippen LogP contribution in [-0.2, 0) is 0 Å². The van der Waals surface area contributed by atoms with E-state index >= 15 is 0 Å². The molecule has 11 rings (SSSR count). The fourth-order valence-electron chi connectivity index (χ4n) is 8.36. The average Bonchev–Trinajstić information content (AvgIpc) is 3.42. The van der Waals surface area contributed by atoms with Gasteiger partial charge in [-0.1, -0.05) is 218 Å². The molecule has 0 amide bonds. The first-order chi connectivity index (χ1) is 34.6. The van der Waals surface area contributed by atoms with Crippen molar-refractivity contribution in [3.8, 4) is 66.8 Å². The molecule has 0 spiro atoms. The molecule has 0 unspecified atom stereocenters. The Morgan fingerprint density at radius 1 is 0.254 bits per heavy atom. The Labute approximate surface area is 380 Å². The summed E-state index contributed by atoms with van der Waals surface area (Å²) in [6, 6.07) is 65.7. The molecule has 0 aliphatic rings. The van der Waals surface area contributed by atoms with Gasteiger partial charge in [0.1, 0.15) is 0 Å². The summed E-state index contributed by atoms with van der Waals surface area (Å²) in [6.45, 7) is 0. The molecule has 0 aliphatic carbocycles. The van der Waals surface area contributed by atoms with E-state index in [-0.39, 0.29) is 46.7 Å². The van der Waals surface area contributed by atoms with E-state index in [1.54, 1.807) is 24.3 Å². The second-order valence-corrected chi connectivity index (χ2v) is 15.5. The van der Waals surface area contributed by atoms with Crippen molar-refractivity contribution in [3.63, 3.8) is 0 Å². The predicted molar refractivity (Wildman–Crippen MR) is 269 cm³/mol. The minimum atomic E-state index is -0.404. The molecule has 1 nitrogen and oxygen atoms in total. The monoisotopic (exact) mass is 809 g/mol. The molecule has 1 heteroatoms. The Balaban J connectivity index is 1.08. The molecule has 0 aliphatic heterocycles. The van der Waals surface area contributed by atoms with Crippen LogP contribution in [0.2, 0.25) is 0 Å². The Hall–Kier alpha value is -8.26. The van der Waals surface area contributed by atoms with Crippen molar-refractivity contribution < 1.29 is 11.0 Å². The summed E-state index contributed by atoms with van der Waals surface area (Å²) < 4.78 is 77.5. The van der Waals surface area contributed by atoms with Gasteiger partial charge in [0.15, 0.2) is 0 Å². The SMILES string of the molecule is [2H]c1c([2H])c(N(c2ccc(-c3ccc(-c4ccccc4)cc3)cc2)c2c([2H])c([2H])c(-c3c(-c4ccccc4)ccc4ccccc34)c([2H])c2[2H])c([2H])c([2H])c1-c1ccc(-c2ccc3ccccc3c2)cc1. The zero-order chi connectivity index (χ0) is 48.9. The largest absolute Gasteiger partial charge is 0.311 e. The summed E-state index contributed by atoms with van der Waals surface area (Å²) in [6.07, 6.45) is 0. The highest BCUT2D eigenvalue weighted by molar-refractivity contribution is 6.04. The van der Waals surface area contributed by atoms with E-state index in [0.29, 0.717) is 16.8 Å². The summed E-state index contributed by atoms with van der Waals surface area (Å²) in [4.78, 5) is 1.36. The van der Waals surface area contributed by atoms with Gasteiger partial charge in [-0.3, -0.25) is 0 Å². The molecule has 63 heavy (non-hydrogen) atoms. The molecule has 0 N–H and O–H groups in total. The summed E-state index contributed by atoms with van der Waals surface area (Å²) in [5, 5.41) is 3.85. The van der Waals surface area contributed by atoms with Gasteiger partial charge in [-0.05, 0) is 131 Å². The van der Waals surface area contributed by atoms with Gasteiger partial charge in [-0.15, -0.1) is 0 Å². The first-order valence-corrected chi connectivity index (χ1v) is 21.0. The number of fused-ring (bicyclic) bond motifs is 2. The molecule has 11 aromatic carbocycles. The fourth-order valence-corrected chi connectivity index (χ4v) is 8.36. The Morgan fingerprint density at radius 3 is 1.27 bits per heavy atom. The zero-order valence-electron chi connectivity index (χ0n) is 42.2. The van der Waals surface area contributed by atoms with Crippen LogP contribution >= 0.6 is 0 Å². The van der Waals surface area contributed by atoms with Gasteiger partial charge in [0.05, 0.1) is 11.0 Å². The highest BCUT2D eigenvalue weighted by Gasteiger charge is 2.17. The van der Waals surface area contributed by atoms with Gasteiger partial charge in [-0.25, -0.2) is 0 Å². The van der Waals surface area contributed by atoms with Crippen LogP contribution in [0.4, 0.5) is 17.1 Å². The van der Waals surface area contributed by atoms with Crippen molar-refractivity contribution in [2.24, 2.45) is 0 Å². The summed E-state index contributed by atoms with van der Waals surface area (Å²) >= 11 is 0. The lowest BCUT2D eigenvalue weighted by Gasteiger charge is -2.26. The van der Waals surface area contributed by atoms with Gasteiger partial charge in [0.2, 0.25) is 0 Å². The van der Waals surface area contributed by atoms with Gasteiger partial charge >= 0.3 is 0 Å². The lowest BCUT2D eigenvalue weighted by molar-refractivity contribution is 1.28. The third-order valence-corrected chi connectivity index (χ3v) is 11.6. The van der Waals surface area contributed by atoms with Crippen molar-refractivity contribution in [3.05, 3.63) is 261 Å². The molecular formula is C62H43N. The van der Waals surface area contributed by atoms with Crippen LogP contribution in [0.3, 0.4) is 0 Å². The maximum absolute atomic E-state index is 9.82. The standard InChI is InChI=1S/C62H43N/c1-3-11-44(12-4-1)46-19-21-47(22-20-46)49-29-36-57(37-30-49)63(58-38-31-50(32-39-58)48-23-25-51(26-24-48)56-28-27-45-13-7-8-17-55(45)43-56)59-40-33-54(34-41-59)62-60-18-10-9-16-53(60)35-42-61(62)52-14-5-2-6-15-52/h1-43H/i31D,32D,33D,34D,38D,39D,40D,41D. The van der Waals surface area contributed by atoms with Gasteiger partial charge in [0.25, 0.3) is 0 Å². The highest BCUT2D eigenvalue weighted by Crippen LogP contribution is 2.42. The minimum absolute atomic E-state index is 0.0994. The van der Waals surface area contributed by atoms with Crippen LogP contribution in [-0.4, -0.2) is 0 Å². The lowest BCUT2D eigenvalue weighted by Crippen LogP contribution is -2.09. The van der Waals surface area contributed by atoms with E-state index in [2.05, 4.69) is 48.5 Å². The van der Waals surface area contributed by atoms with Crippen molar-refractivity contribution in [1.29, 1.82) is 0 Å². The molecule has 0 saturated heterocycles. The average molecular weight is 810 g/mol. The maximum atomic E-state index is 9.82. The van der Waals surface area contributed by atoms with E-state index in [1.807, 2.05) is 140 Å². The van der Waals surface area contributed by atoms with Crippen molar-refractivity contribution in [2.75, 3.05) is 4.90 Å². The lowest BCUT2D eigenvalue weighted by atomic mass is 9.89. The van der Waals surface area contributed by atoms with Crippen LogP contribution in [0.5, 0.6) is 0 Å². The predicted octanol–water partition coefficient (Wildman–Crippen LogP) is 17.5. The number of benzene rings is 11. The smallest absolute Gasteiger partial charge is 0.0645 e. The van der Waals surface area contributed by atoms with Crippen molar-refractivity contribution >= 4 is 38.6 Å². The number of hydrogen-bond acceptors (Lipinski definition) is 1. The highest BCUT2D eigenvalue weighted by atomic mass is 15.1. The minimum Gasteiger partial charge on any atom is -0.311 e. The first kappa shape index (κ1) is 29.9. The molecule has 0 heterocycles. The van der Waals surface area contributed by atoms with Crippen LogP contribution < -0.4 is 4.90 Å². The molecule has 296 valence electrons. The molecule has 0 radical (unpaired) electrons. The summed E-state index contributed by atoms with van der Waals surface area (Å²) in [7, 11) is 0. The van der Waals surface area contributed by atoms with Crippen molar-refractivity contribution in [1.82, 2.24) is 0 Å². The third-order valence-electron chi connectivity index (χ3n) is 11.6. The second-order valence-electron chi connectivity index (χ2n) is 15.5. The van der Waals surface area contributed by atoms with E-state index in [9.17, 15) is 11.0 Å². The van der Waals surface area contributed by atoms with Gasteiger partial charge in [0, 0.05) is 17.1 Å². The van der Waals surface area contributed by atoms with E-state index < -0.39 is 24.2 Å². The maximum Gasteiger partial charge on any atom is 0.0645 e. The van der Waals surface area contributed by atoms with E-state index in [4.69, 9.17) is 0 Å².